The van der Waals surface area contributed by atoms with E-state index < -0.39 is 0 Å². The number of hydrogen-bond donors (Lipinski definition) is 2. The van der Waals surface area contributed by atoms with Gasteiger partial charge in [0.2, 0.25) is 17.7 Å². The van der Waals surface area contributed by atoms with Crippen LogP contribution in [0.15, 0.2) is 12.1 Å². The Hall–Kier alpha value is -2.37. The summed E-state index contributed by atoms with van der Waals surface area (Å²) in [4.78, 5) is 38.4. The minimum atomic E-state index is -0.231. The number of benzene rings is 1. The van der Waals surface area contributed by atoms with E-state index in [-0.39, 0.29) is 36.1 Å². The first-order valence-electron chi connectivity index (χ1n) is 9.63. The average Bonchev–Trinajstić information content (AvgIpc) is 2.62. The third-order valence-electron chi connectivity index (χ3n) is 5.04. The quantitative estimate of drug-likeness (QED) is 0.833. The second-order valence-electron chi connectivity index (χ2n) is 7.79. The number of nitrogens with one attached hydrogen (secondary N) is 2. The predicted molar refractivity (Wildman–Crippen MR) is 106 cm³/mol. The Bertz CT molecular complexity index is 696. The van der Waals surface area contributed by atoms with Crippen molar-refractivity contribution in [3.05, 3.63) is 28.8 Å². The third kappa shape index (κ3) is 5.55. The highest BCUT2D eigenvalue weighted by Crippen LogP contribution is 2.22. The van der Waals surface area contributed by atoms with E-state index in [0.717, 1.165) is 22.4 Å². The van der Waals surface area contributed by atoms with Crippen LogP contribution in [0, 0.1) is 32.6 Å². The van der Waals surface area contributed by atoms with Gasteiger partial charge in [-0.2, -0.15) is 0 Å². The fraction of sp³-hybridized carbons (Fsp3) is 0.571. The van der Waals surface area contributed by atoms with Gasteiger partial charge in [-0.15, -0.1) is 0 Å². The molecule has 3 amide bonds. The largest absolute Gasteiger partial charge is 0.347 e. The van der Waals surface area contributed by atoms with Crippen molar-refractivity contribution in [1.29, 1.82) is 0 Å². The zero-order chi connectivity index (χ0) is 20.1. The Morgan fingerprint density at radius 1 is 1.07 bits per heavy atom. The normalized spacial score (nSPS) is 15.0. The fourth-order valence-electron chi connectivity index (χ4n) is 3.60. The summed E-state index contributed by atoms with van der Waals surface area (Å²) >= 11 is 0. The maximum Gasteiger partial charge on any atom is 0.243 e. The van der Waals surface area contributed by atoms with Crippen LogP contribution in [0.4, 0.5) is 5.69 Å². The molecule has 2 rings (SSSR count). The first kappa shape index (κ1) is 20.9. The monoisotopic (exact) mass is 373 g/mol. The Morgan fingerprint density at radius 2 is 1.63 bits per heavy atom. The van der Waals surface area contributed by atoms with E-state index in [1.54, 1.807) is 0 Å². The highest BCUT2D eigenvalue weighted by molar-refractivity contribution is 5.96. The van der Waals surface area contributed by atoms with E-state index in [4.69, 9.17) is 0 Å². The van der Waals surface area contributed by atoms with Crippen molar-refractivity contribution < 1.29 is 14.4 Å². The first-order chi connectivity index (χ1) is 12.7. The molecule has 0 saturated carbocycles. The Kier molecular flexibility index (Phi) is 6.99. The van der Waals surface area contributed by atoms with Crippen molar-refractivity contribution >= 4 is 23.4 Å². The summed E-state index contributed by atoms with van der Waals surface area (Å²) in [6, 6.07) is 4.04. The number of amides is 3. The minimum Gasteiger partial charge on any atom is -0.347 e. The molecule has 27 heavy (non-hydrogen) atoms. The van der Waals surface area contributed by atoms with Gasteiger partial charge in [-0.1, -0.05) is 31.5 Å². The Labute approximate surface area is 161 Å². The number of carbonyl (C=O) groups is 3. The topological polar surface area (TPSA) is 78.5 Å². The molecule has 1 heterocycles. The Morgan fingerprint density at radius 3 is 2.15 bits per heavy atom. The van der Waals surface area contributed by atoms with Gasteiger partial charge in [-0.05, 0) is 44.7 Å². The number of aryl methyl sites for hydroxylation is 3. The lowest BCUT2D eigenvalue weighted by Crippen LogP contribution is -2.45. The summed E-state index contributed by atoms with van der Waals surface area (Å²) in [5, 5.41) is 5.63. The number of carbonyl (C=O) groups excluding carboxylic acids is 3. The molecule has 0 atom stereocenters. The van der Waals surface area contributed by atoms with Gasteiger partial charge in [0.15, 0.2) is 0 Å². The molecule has 0 bridgehead atoms. The lowest BCUT2D eigenvalue weighted by molar-refractivity contribution is -0.138. The molecule has 1 saturated heterocycles. The van der Waals surface area contributed by atoms with Gasteiger partial charge in [-0.25, -0.2) is 0 Å². The van der Waals surface area contributed by atoms with Gasteiger partial charge >= 0.3 is 0 Å². The van der Waals surface area contributed by atoms with E-state index in [1.165, 1.54) is 0 Å². The van der Waals surface area contributed by atoms with Crippen LogP contribution >= 0.6 is 0 Å². The number of hydrogen-bond acceptors (Lipinski definition) is 3. The maximum atomic E-state index is 12.3. The molecule has 1 aliphatic heterocycles. The second kappa shape index (κ2) is 9.02. The zero-order valence-corrected chi connectivity index (χ0v) is 17.0. The van der Waals surface area contributed by atoms with Crippen LogP contribution in [0.1, 0.15) is 43.4 Å². The minimum absolute atomic E-state index is 0.0206. The SMILES string of the molecule is Cc1cc(C)c(NC(=O)CNC(=O)C2CCN(C(=O)C(C)C)CC2)c(C)c1. The number of likely N-dealkylation sites (tertiary alicyclic amines) is 1. The molecular formula is C21H31N3O3. The van der Waals surface area contributed by atoms with E-state index in [0.29, 0.717) is 25.9 Å². The number of nitrogens with zero attached hydrogens (tertiary/aromatic N) is 1. The molecule has 1 aromatic carbocycles. The van der Waals surface area contributed by atoms with Gasteiger partial charge in [0, 0.05) is 30.6 Å². The Balaban J connectivity index is 1.81. The number of rotatable bonds is 5. The van der Waals surface area contributed by atoms with Crippen LogP contribution < -0.4 is 10.6 Å². The molecule has 1 aromatic rings. The van der Waals surface area contributed by atoms with Crippen molar-refractivity contribution in [3.63, 3.8) is 0 Å². The average molecular weight is 373 g/mol. The van der Waals surface area contributed by atoms with Gasteiger partial charge in [-0.3, -0.25) is 14.4 Å². The number of piperidine rings is 1. The number of anilines is 1. The maximum absolute atomic E-state index is 12.3. The van der Waals surface area contributed by atoms with Gasteiger partial charge in [0.05, 0.1) is 6.54 Å². The molecule has 0 radical (unpaired) electrons. The van der Waals surface area contributed by atoms with E-state index >= 15 is 0 Å². The smallest absolute Gasteiger partial charge is 0.243 e. The summed E-state index contributed by atoms with van der Waals surface area (Å²) in [7, 11) is 0. The van der Waals surface area contributed by atoms with E-state index in [1.807, 2.05) is 51.7 Å². The van der Waals surface area contributed by atoms with E-state index in [2.05, 4.69) is 10.6 Å². The molecule has 6 heteroatoms. The van der Waals surface area contributed by atoms with Crippen LogP contribution in [0.5, 0.6) is 0 Å². The van der Waals surface area contributed by atoms with Crippen LogP contribution in [0.3, 0.4) is 0 Å². The van der Waals surface area contributed by atoms with Crippen molar-refractivity contribution in [1.82, 2.24) is 10.2 Å². The van der Waals surface area contributed by atoms with Gasteiger partial charge in [0.1, 0.15) is 0 Å². The van der Waals surface area contributed by atoms with Crippen molar-refractivity contribution in [2.45, 2.75) is 47.5 Å². The summed E-state index contributed by atoms with van der Waals surface area (Å²) in [5.74, 6) is -0.369. The highest BCUT2D eigenvalue weighted by atomic mass is 16.2. The van der Waals surface area contributed by atoms with E-state index in [9.17, 15) is 14.4 Å². The molecule has 148 valence electrons. The molecule has 2 N–H and O–H groups in total. The standard InChI is InChI=1S/C21H31N3O3/c1-13(2)21(27)24-8-6-17(7-9-24)20(26)22-12-18(25)23-19-15(4)10-14(3)11-16(19)5/h10-11,13,17H,6-9,12H2,1-5H3,(H,22,26)(H,23,25). The van der Waals surface area contributed by atoms with Crippen LogP contribution in [-0.4, -0.2) is 42.3 Å². The molecule has 0 aromatic heterocycles. The summed E-state index contributed by atoms with van der Waals surface area (Å²) in [6.45, 7) is 10.9. The molecule has 0 spiro atoms. The highest BCUT2D eigenvalue weighted by Gasteiger charge is 2.28. The van der Waals surface area contributed by atoms with Crippen LogP contribution in [-0.2, 0) is 14.4 Å². The first-order valence-corrected chi connectivity index (χ1v) is 9.63. The molecular weight excluding hydrogens is 342 g/mol. The van der Waals surface area contributed by atoms with Crippen molar-refractivity contribution in [2.75, 3.05) is 25.0 Å². The fourth-order valence-corrected chi connectivity index (χ4v) is 3.60. The molecule has 1 aliphatic rings. The molecule has 6 nitrogen and oxygen atoms in total. The summed E-state index contributed by atoms with van der Waals surface area (Å²) in [5.41, 5.74) is 3.97. The third-order valence-corrected chi connectivity index (χ3v) is 5.04. The van der Waals surface area contributed by atoms with Crippen LogP contribution in [0.2, 0.25) is 0 Å². The molecule has 0 aliphatic carbocycles. The molecule has 1 fully saturated rings. The second-order valence-corrected chi connectivity index (χ2v) is 7.79. The van der Waals surface area contributed by atoms with Gasteiger partial charge < -0.3 is 15.5 Å². The summed E-state index contributed by atoms with van der Waals surface area (Å²) < 4.78 is 0. The molecule has 0 unspecified atom stereocenters. The predicted octanol–water partition coefficient (Wildman–Crippen LogP) is 2.56. The zero-order valence-electron chi connectivity index (χ0n) is 17.0. The summed E-state index contributed by atoms with van der Waals surface area (Å²) in [6.07, 6.45) is 1.28. The van der Waals surface area contributed by atoms with Crippen molar-refractivity contribution in [2.24, 2.45) is 11.8 Å². The lowest BCUT2D eigenvalue weighted by atomic mass is 9.95. The van der Waals surface area contributed by atoms with Crippen LogP contribution in [0.25, 0.3) is 0 Å². The van der Waals surface area contributed by atoms with Gasteiger partial charge in [0.25, 0.3) is 0 Å². The lowest BCUT2D eigenvalue weighted by Gasteiger charge is -2.32. The van der Waals surface area contributed by atoms with Crippen molar-refractivity contribution in [3.8, 4) is 0 Å².